The van der Waals surface area contributed by atoms with Gasteiger partial charge < -0.3 is 4.90 Å². The number of fused-ring (bicyclic) bond motifs is 3. The predicted octanol–water partition coefficient (Wildman–Crippen LogP) is 3.27. The van der Waals surface area contributed by atoms with Gasteiger partial charge in [0.1, 0.15) is 6.04 Å². The lowest BCUT2D eigenvalue weighted by Gasteiger charge is -2.32. The van der Waals surface area contributed by atoms with E-state index in [0.29, 0.717) is 5.57 Å². The van der Waals surface area contributed by atoms with Crippen molar-refractivity contribution < 1.29 is 19.3 Å². The van der Waals surface area contributed by atoms with E-state index in [9.17, 15) is 29.8 Å². The molecular formula is C24H15ClN4O5. The van der Waals surface area contributed by atoms with Gasteiger partial charge in [-0.05, 0) is 24.3 Å². The highest BCUT2D eigenvalue weighted by Gasteiger charge is 2.63. The maximum Gasteiger partial charge on any atom is 0.270 e. The molecule has 9 nitrogen and oxygen atoms in total. The molecule has 2 saturated heterocycles. The Morgan fingerprint density at radius 2 is 1.82 bits per heavy atom. The second-order valence-electron chi connectivity index (χ2n) is 8.12. The summed E-state index contributed by atoms with van der Waals surface area (Å²) in [5.74, 6) is -3.61. The summed E-state index contributed by atoms with van der Waals surface area (Å²) in [4.78, 5) is 54.0. The van der Waals surface area contributed by atoms with Crippen molar-refractivity contribution in [3.8, 4) is 6.07 Å². The summed E-state index contributed by atoms with van der Waals surface area (Å²) in [6.45, 7) is 0. The third kappa shape index (κ3) is 3.11. The number of halogens is 1. The number of nitro benzene ring substituents is 1. The van der Waals surface area contributed by atoms with Crippen LogP contribution in [-0.2, 0) is 9.59 Å². The van der Waals surface area contributed by atoms with Crippen LogP contribution in [0.3, 0.4) is 0 Å². The van der Waals surface area contributed by atoms with E-state index < -0.39 is 46.4 Å². The molecule has 3 aliphatic rings. The van der Waals surface area contributed by atoms with Crippen molar-refractivity contribution in [2.75, 3.05) is 4.90 Å². The van der Waals surface area contributed by atoms with Crippen LogP contribution >= 0.6 is 11.6 Å². The van der Waals surface area contributed by atoms with E-state index in [1.807, 2.05) is 6.07 Å². The van der Waals surface area contributed by atoms with Crippen LogP contribution in [0.2, 0.25) is 5.02 Å². The van der Waals surface area contributed by atoms with Crippen LogP contribution in [-0.4, -0.2) is 39.5 Å². The highest BCUT2D eigenvalue weighted by Crippen LogP contribution is 2.47. The molecule has 4 unspecified atom stereocenters. The van der Waals surface area contributed by atoms with Gasteiger partial charge in [0.25, 0.3) is 5.69 Å². The van der Waals surface area contributed by atoms with Gasteiger partial charge in [-0.15, -0.1) is 0 Å². The van der Waals surface area contributed by atoms with Gasteiger partial charge in [-0.1, -0.05) is 35.9 Å². The lowest BCUT2D eigenvalue weighted by molar-refractivity contribution is -0.384. The number of allylic oxidation sites excluding steroid dienone is 2. The first-order chi connectivity index (χ1) is 16.3. The predicted molar refractivity (Wildman–Crippen MR) is 121 cm³/mol. The average molecular weight is 475 g/mol. The van der Waals surface area contributed by atoms with Crippen LogP contribution in [0.4, 0.5) is 11.4 Å². The number of hydrogen-bond acceptors (Lipinski definition) is 7. The normalized spacial score (nSPS) is 25.0. The Morgan fingerprint density at radius 3 is 2.53 bits per heavy atom. The average Bonchev–Trinajstić information content (AvgIpc) is 3.31. The SMILES string of the molecule is N#CC1=CC2C3C(=O)N(c4ccccc4Cl)C(=O)C3C(C(=O)c3cccc([N+](=O)[O-])c3)N2C=C1. The van der Waals surface area contributed by atoms with Crippen molar-refractivity contribution in [3.63, 3.8) is 0 Å². The number of nitro groups is 1. The summed E-state index contributed by atoms with van der Waals surface area (Å²) in [7, 11) is 0. The topological polar surface area (TPSA) is 125 Å². The minimum absolute atomic E-state index is 0.0542. The maximum absolute atomic E-state index is 13.6. The van der Waals surface area contributed by atoms with Crippen LogP contribution in [0.15, 0.2) is 72.5 Å². The molecule has 2 aromatic rings. The Labute approximate surface area is 198 Å². The minimum atomic E-state index is -1.09. The number of Topliss-reactive ketones (excluding diaryl/α,β-unsaturated/α-hetero) is 1. The summed E-state index contributed by atoms with van der Waals surface area (Å²) in [5.41, 5.74) is 0.320. The zero-order valence-corrected chi connectivity index (χ0v) is 18.1. The molecule has 168 valence electrons. The standard InChI is InChI=1S/C24H15ClN4O5/c25-16-6-1-2-7-17(16)28-23(31)19-18-10-13(12-26)8-9-27(18)21(20(19)24(28)32)22(30)14-4-3-5-15(11-14)29(33)34/h1-11,18-21H. The van der Waals surface area contributed by atoms with E-state index in [1.165, 1.54) is 30.5 Å². The number of ketones is 1. The van der Waals surface area contributed by atoms with Gasteiger partial charge >= 0.3 is 0 Å². The number of amides is 2. The van der Waals surface area contributed by atoms with Gasteiger partial charge in [0.05, 0.1) is 45.2 Å². The number of para-hydroxylation sites is 1. The van der Waals surface area contributed by atoms with Crippen molar-refractivity contribution in [3.05, 3.63) is 93.2 Å². The molecule has 0 N–H and O–H groups in total. The Bertz CT molecular complexity index is 1380. The highest BCUT2D eigenvalue weighted by molar-refractivity contribution is 6.36. The number of carbonyl (C=O) groups is 3. The quantitative estimate of drug-likeness (QED) is 0.288. The summed E-state index contributed by atoms with van der Waals surface area (Å²) in [6.07, 6.45) is 4.60. The molecule has 0 bridgehead atoms. The van der Waals surface area contributed by atoms with Crippen LogP contribution in [0.5, 0.6) is 0 Å². The first-order valence-corrected chi connectivity index (χ1v) is 10.7. The number of imide groups is 1. The molecule has 34 heavy (non-hydrogen) atoms. The number of anilines is 1. The van der Waals surface area contributed by atoms with Crippen molar-refractivity contribution in [1.82, 2.24) is 4.90 Å². The Balaban J connectivity index is 1.62. The molecule has 0 saturated carbocycles. The molecule has 3 aliphatic heterocycles. The molecule has 0 radical (unpaired) electrons. The smallest absolute Gasteiger partial charge is 0.270 e. The molecule has 5 rings (SSSR count). The molecule has 2 fully saturated rings. The second kappa shape index (κ2) is 7.93. The van der Waals surface area contributed by atoms with Crippen molar-refractivity contribution in [2.24, 2.45) is 11.8 Å². The summed E-state index contributed by atoms with van der Waals surface area (Å²) < 4.78 is 0. The maximum atomic E-state index is 13.6. The molecule has 0 spiro atoms. The number of non-ortho nitro benzene ring substituents is 1. The number of nitrogens with zero attached hydrogens (tertiary/aromatic N) is 4. The van der Waals surface area contributed by atoms with Gasteiger partial charge in [0.2, 0.25) is 11.8 Å². The third-order valence-electron chi connectivity index (χ3n) is 6.38. The molecule has 3 heterocycles. The van der Waals surface area contributed by atoms with Crippen LogP contribution in [0.25, 0.3) is 0 Å². The second-order valence-corrected chi connectivity index (χ2v) is 8.53. The monoisotopic (exact) mass is 474 g/mol. The van der Waals surface area contributed by atoms with Gasteiger partial charge in [0, 0.05) is 23.9 Å². The molecule has 2 aromatic carbocycles. The fourth-order valence-electron chi connectivity index (χ4n) is 4.94. The van der Waals surface area contributed by atoms with Gasteiger partial charge in [-0.3, -0.25) is 24.5 Å². The summed E-state index contributed by atoms with van der Waals surface area (Å²) >= 11 is 6.26. The molecule has 10 heteroatoms. The van der Waals surface area contributed by atoms with Crippen LogP contribution < -0.4 is 4.90 Å². The molecule has 0 aliphatic carbocycles. The minimum Gasteiger partial charge on any atom is -0.359 e. The molecular weight excluding hydrogens is 460 g/mol. The summed E-state index contributed by atoms with van der Waals surface area (Å²) in [5, 5.41) is 20.8. The van der Waals surface area contributed by atoms with E-state index in [-0.39, 0.29) is 22.0 Å². The highest BCUT2D eigenvalue weighted by atomic mass is 35.5. The van der Waals surface area contributed by atoms with Gasteiger partial charge in [-0.2, -0.15) is 5.26 Å². The number of hydrogen-bond donors (Lipinski definition) is 0. The lowest BCUT2D eigenvalue weighted by atomic mass is 9.86. The largest absolute Gasteiger partial charge is 0.359 e. The summed E-state index contributed by atoms with van der Waals surface area (Å²) in [6, 6.07) is 11.9. The van der Waals surface area contributed by atoms with Crippen LogP contribution in [0, 0.1) is 33.3 Å². The molecule has 0 aromatic heterocycles. The van der Waals surface area contributed by atoms with E-state index in [1.54, 1.807) is 35.2 Å². The number of carbonyl (C=O) groups excluding carboxylic acids is 3. The van der Waals surface area contributed by atoms with Crippen molar-refractivity contribution >= 4 is 40.6 Å². The zero-order chi connectivity index (χ0) is 24.1. The number of nitriles is 1. The third-order valence-corrected chi connectivity index (χ3v) is 6.70. The van der Waals surface area contributed by atoms with Crippen molar-refractivity contribution in [1.29, 1.82) is 5.26 Å². The Hall–Kier alpha value is -4.29. The zero-order valence-electron chi connectivity index (χ0n) is 17.4. The molecule has 4 atom stereocenters. The molecule has 2 amide bonds. The fourth-order valence-corrected chi connectivity index (χ4v) is 5.16. The van der Waals surface area contributed by atoms with E-state index >= 15 is 0 Å². The van der Waals surface area contributed by atoms with Crippen LogP contribution in [0.1, 0.15) is 10.4 Å². The van der Waals surface area contributed by atoms with E-state index in [4.69, 9.17) is 11.6 Å². The Kier molecular flexibility index (Phi) is 5.03. The fraction of sp³-hybridized carbons (Fsp3) is 0.167. The first kappa shape index (κ1) is 21.6. The first-order valence-electron chi connectivity index (χ1n) is 10.3. The number of rotatable bonds is 4. The lowest BCUT2D eigenvalue weighted by Crippen LogP contribution is -2.46. The van der Waals surface area contributed by atoms with Crippen molar-refractivity contribution in [2.45, 2.75) is 12.1 Å². The van der Waals surface area contributed by atoms with Gasteiger partial charge in [-0.25, -0.2) is 4.90 Å². The number of benzene rings is 2. The van der Waals surface area contributed by atoms with E-state index in [2.05, 4.69) is 0 Å². The Morgan fingerprint density at radius 1 is 1.09 bits per heavy atom. The van der Waals surface area contributed by atoms with Gasteiger partial charge in [0.15, 0.2) is 5.78 Å². The van der Waals surface area contributed by atoms with E-state index in [0.717, 1.165) is 11.0 Å².